The number of fused-ring (bicyclic) bond motifs is 1. The van der Waals surface area contributed by atoms with Gasteiger partial charge in [-0.05, 0) is 38.5 Å². The third-order valence-electron chi connectivity index (χ3n) is 5.50. The van der Waals surface area contributed by atoms with Gasteiger partial charge < -0.3 is 10.1 Å². The van der Waals surface area contributed by atoms with Crippen molar-refractivity contribution in [3.8, 4) is 17.0 Å². The third kappa shape index (κ3) is 4.29. The van der Waals surface area contributed by atoms with Crippen molar-refractivity contribution >= 4 is 28.1 Å². The summed E-state index contributed by atoms with van der Waals surface area (Å²) >= 11 is 1.54. The molecule has 0 bridgehead atoms. The summed E-state index contributed by atoms with van der Waals surface area (Å²) in [6.45, 7) is 6.00. The fourth-order valence-corrected chi connectivity index (χ4v) is 4.61. The first kappa shape index (κ1) is 21.1. The summed E-state index contributed by atoms with van der Waals surface area (Å²) < 4.78 is 7.22. The van der Waals surface area contributed by atoms with Crippen LogP contribution in [0.5, 0.6) is 5.75 Å². The number of ether oxygens (including phenoxy) is 1. The number of nitrogens with zero attached hydrogens (tertiary/aromatic N) is 5. The van der Waals surface area contributed by atoms with E-state index in [1.807, 2.05) is 42.6 Å². The van der Waals surface area contributed by atoms with Crippen molar-refractivity contribution in [2.24, 2.45) is 0 Å². The Hall–Kier alpha value is -3.78. The van der Waals surface area contributed by atoms with E-state index in [4.69, 9.17) is 9.84 Å². The van der Waals surface area contributed by atoms with Gasteiger partial charge in [-0.2, -0.15) is 4.98 Å². The molecular weight excluding hydrogens is 432 g/mol. The number of hydrogen-bond donors (Lipinski definition) is 1. The number of anilines is 2. The van der Waals surface area contributed by atoms with E-state index < -0.39 is 0 Å². The van der Waals surface area contributed by atoms with Crippen molar-refractivity contribution in [2.45, 2.75) is 27.2 Å². The molecule has 0 fully saturated rings. The van der Waals surface area contributed by atoms with Crippen molar-refractivity contribution in [1.82, 2.24) is 24.6 Å². The lowest BCUT2D eigenvalue weighted by Gasteiger charge is -2.13. The van der Waals surface area contributed by atoms with Crippen molar-refractivity contribution in [3.63, 3.8) is 0 Å². The van der Waals surface area contributed by atoms with E-state index >= 15 is 0 Å². The lowest BCUT2D eigenvalue weighted by atomic mass is 10.0. The van der Waals surface area contributed by atoms with Crippen molar-refractivity contribution in [1.29, 1.82) is 0 Å². The molecular formula is C25H24N6OS. The SMILES string of the molecule is COc1cccc(-c2csc3nc(Nc4nc(C)nc(C)c4Cc4ccc(C)cc4)nn23)c1. The number of thiazole rings is 1. The fourth-order valence-electron chi connectivity index (χ4n) is 3.78. The van der Waals surface area contributed by atoms with E-state index in [1.54, 1.807) is 18.4 Å². The van der Waals surface area contributed by atoms with E-state index in [0.29, 0.717) is 11.8 Å². The number of hydrogen-bond acceptors (Lipinski definition) is 7. The number of aryl methyl sites for hydroxylation is 3. The molecule has 3 aromatic heterocycles. The molecule has 0 saturated heterocycles. The molecule has 5 aromatic rings. The minimum absolute atomic E-state index is 0.508. The van der Waals surface area contributed by atoms with E-state index in [-0.39, 0.29) is 0 Å². The normalized spacial score (nSPS) is 11.2. The first-order valence-electron chi connectivity index (χ1n) is 10.7. The van der Waals surface area contributed by atoms with Crippen LogP contribution in [-0.2, 0) is 6.42 Å². The molecule has 3 heterocycles. The smallest absolute Gasteiger partial charge is 0.249 e. The van der Waals surface area contributed by atoms with Gasteiger partial charge in [0, 0.05) is 28.6 Å². The lowest BCUT2D eigenvalue weighted by Crippen LogP contribution is -2.07. The van der Waals surface area contributed by atoms with Gasteiger partial charge in [0.25, 0.3) is 0 Å². The highest BCUT2D eigenvalue weighted by Gasteiger charge is 2.16. The van der Waals surface area contributed by atoms with Crippen LogP contribution in [0.4, 0.5) is 11.8 Å². The standard InChI is InChI=1S/C25H24N6OS/c1-15-8-10-18(11-9-15)12-21-16(2)26-17(3)27-23(21)28-24-29-25-31(30-24)22(14-33-25)19-6-5-7-20(13-19)32-4/h5-11,13-14H,12H2,1-4H3,(H,26,27,28,30). The van der Waals surface area contributed by atoms with Crippen LogP contribution in [0.3, 0.4) is 0 Å². The van der Waals surface area contributed by atoms with E-state index in [1.165, 1.54) is 11.1 Å². The molecule has 0 spiro atoms. The van der Waals surface area contributed by atoms with Crippen LogP contribution in [0.25, 0.3) is 16.2 Å². The molecule has 0 aliphatic rings. The van der Waals surface area contributed by atoms with Crippen LogP contribution in [0.2, 0.25) is 0 Å². The predicted molar refractivity (Wildman–Crippen MR) is 132 cm³/mol. The van der Waals surface area contributed by atoms with Gasteiger partial charge in [-0.15, -0.1) is 16.4 Å². The molecule has 0 amide bonds. The topological polar surface area (TPSA) is 77.2 Å². The molecule has 0 atom stereocenters. The zero-order valence-corrected chi connectivity index (χ0v) is 19.8. The van der Waals surface area contributed by atoms with Crippen molar-refractivity contribution in [2.75, 3.05) is 12.4 Å². The van der Waals surface area contributed by atoms with Gasteiger partial charge in [-0.3, -0.25) is 0 Å². The summed E-state index contributed by atoms with van der Waals surface area (Å²) in [5.74, 6) is 2.76. The van der Waals surface area contributed by atoms with Crippen LogP contribution >= 0.6 is 11.3 Å². The van der Waals surface area contributed by atoms with Gasteiger partial charge >= 0.3 is 0 Å². The molecule has 0 radical (unpaired) electrons. The summed E-state index contributed by atoms with van der Waals surface area (Å²) in [7, 11) is 1.67. The fraction of sp³-hybridized carbons (Fsp3) is 0.200. The molecule has 1 N–H and O–H groups in total. The van der Waals surface area contributed by atoms with Gasteiger partial charge in [0.15, 0.2) is 0 Å². The Morgan fingerprint density at radius 1 is 1.00 bits per heavy atom. The number of aromatic nitrogens is 5. The molecule has 8 heteroatoms. The first-order valence-corrected chi connectivity index (χ1v) is 11.5. The van der Waals surface area contributed by atoms with Crippen LogP contribution in [0.1, 0.15) is 28.2 Å². The molecule has 0 unspecified atom stereocenters. The van der Waals surface area contributed by atoms with Crippen molar-refractivity contribution < 1.29 is 4.74 Å². The van der Waals surface area contributed by atoms with Gasteiger partial charge in [0.2, 0.25) is 10.9 Å². The summed E-state index contributed by atoms with van der Waals surface area (Å²) in [6.07, 6.45) is 0.728. The summed E-state index contributed by atoms with van der Waals surface area (Å²) in [6, 6.07) is 16.5. The third-order valence-corrected chi connectivity index (χ3v) is 6.32. The van der Waals surface area contributed by atoms with Crippen LogP contribution < -0.4 is 10.1 Å². The zero-order valence-electron chi connectivity index (χ0n) is 19.0. The van der Waals surface area contributed by atoms with Gasteiger partial charge in [-0.25, -0.2) is 14.5 Å². The molecule has 5 rings (SSSR count). The molecule has 0 aliphatic heterocycles. The Labute approximate surface area is 196 Å². The van der Waals surface area contributed by atoms with E-state index in [9.17, 15) is 0 Å². The molecule has 2 aromatic carbocycles. The van der Waals surface area contributed by atoms with E-state index in [2.05, 4.69) is 56.8 Å². The zero-order chi connectivity index (χ0) is 22.9. The highest BCUT2D eigenvalue weighted by atomic mass is 32.1. The second-order valence-corrected chi connectivity index (χ2v) is 8.79. The number of benzene rings is 2. The molecule has 0 aliphatic carbocycles. The van der Waals surface area contributed by atoms with Crippen LogP contribution in [0, 0.1) is 20.8 Å². The Kier molecular flexibility index (Phi) is 5.51. The first-order chi connectivity index (χ1) is 16.0. The Bertz CT molecular complexity index is 1440. The average molecular weight is 457 g/mol. The van der Waals surface area contributed by atoms with Gasteiger partial charge in [0.1, 0.15) is 17.4 Å². The Balaban J connectivity index is 1.49. The van der Waals surface area contributed by atoms with Crippen LogP contribution in [0.15, 0.2) is 53.9 Å². The summed E-state index contributed by atoms with van der Waals surface area (Å²) in [5, 5.41) is 10.1. The maximum absolute atomic E-state index is 5.37. The molecule has 7 nitrogen and oxygen atoms in total. The minimum atomic E-state index is 0.508. The van der Waals surface area contributed by atoms with E-state index in [0.717, 1.165) is 45.5 Å². The maximum Gasteiger partial charge on any atom is 0.249 e. The van der Waals surface area contributed by atoms with Crippen molar-refractivity contribution in [3.05, 3.63) is 82.1 Å². The summed E-state index contributed by atoms with van der Waals surface area (Å²) in [5.41, 5.74) is 6.41. The van der Waals surface area contributed by atoms with Crippen LogP contribution in [-0.4, -0.2) is 31.7 Å². The highest BCUT2D eigenvalue weighted by Crippen LogP contribution is 2.29. The monoisotopic (exact) mass is 456 g/mol. The highest BCUT2D eigenvalue weighted by molar-refractivity contribution is 7.15. The number of nitrogens with one attached hydrogen (secondary N) is 1. The lowest BCUT2D eigenvalue weighted by molar-refractivity contribution is 0.415. The Morgan fingerprint density at radius 3 is 2.61 bits per heavy atom. The predicted octanol–water partition coefficient (Wildman–Crippen LogP) is 5.52. The quantitative estimate of drug-likeness (QED) is 0.363. The molecule has 0 saturated carbocycles. The summed E-state index contributed by atoms with van der Waals surface area (Å²) in [4.78, 5) is 14.7. The maximum atomic E-state index is 5.37. The largest absolute Gasteiger partial charge is 0.497 e. The van der Waals surface area contributed by atoms with Gasteiger partial charge in [-0.1, -0.05) is 42.0 Å². The van der Waals surface area contributed by atoms with Gasteiger partial charge in [0.05, 0.1) is 12.8 Å². The number of methoxy groups -OCH3 is 1. The molecule has 33 heavy (non-hydrogen) atoms. The average Bonchev–Trinajstić information content (AvgIpc) is 3.37. The molecule has 166 valence electrons. The minimum Gasteiger partial charge on any atom is -0.497 e. The Morgan fingerprint density at radius 2 is 1.82 bits per heavy atom. The second kappa shape index (κ2) is 8.63. The second-order valence-electron chi connectivity index (χ2n) is 7.95. The number of rotatable bonds is 6.